The van der Waals surface area contributed by atoms with Gasteiger partial charge in [0.1, 0.15) is 36.4 Å². The van der Waals surface area contributed by atoms with Gasteiger partial charge in [-0.3, -0.25) is 29.0 Å². The first-order chi connectivity index (χ1) is 33.1. The summed E-state index contributed by atoms with van der Waals surface area (Å²) < 4.78 is 27.7. The van der Waals surface area contributed by atoms with E-state index in [1.807, 2.05) is 72.8 Å². The number of nitrogens with zero attached hydrogens (tertiary/aromatic N) is 12. The van der Waals surface area contributed by atoms with Crippen LogP contribution in [0.1, 0.15) is 56.6 Å². The zero-order valence-electron chi connectivity index (χ0n) is 38.8. The Morgan fingerprint density at radius 2 is 1.00 bits per heavy atom. The minimum absolute atomic E-state index is 0.0316. The average molecular weight is 935 g/mol. The maximum absolute atomic E-state index is 13.0. The van der Waals surface area contributed by atoms with Crippen molar-refractivity contribution in [3.8, 4) is 0 Å². The second-order valence-electron chi connectivity index (χ2n) is 16.1. The lowest BCUT2D eigenvalue weighted by atomic mass is 10.2. The summed E-state index contributed by atoms with van der Waals surface area (Å²) in [5.41, 5.74) is 3.80. The standard InChI is InChI=1S/2C23H29N7O4/c2*1-28-20-14-18(9-11-34-13-12-33-2)26-30(20)10-8-19(23(28)32)25-22(31)21-24-16-29(27-21)15-17-6-4-3-5-7-17/h2*3-7,14,16,19H,8-13,15H2,1-2H3,(H,25,31)/t2*19-/m10/s1. The van der Waals surface area contributed by atoms with Crippen molar-refractivity contribution in [1.29, 1.82) is 0 Å². The number of rotatable bonds is 20. The summed E-state index contributed by atoms with van der Waals surface area (Å²) in [5.74, 6) is 0.0716. The number of hydrogen-bond acceptors (Lipinski definition) is 14. The lowest BCUT2D eigenvalue weighted by Gasteiger charge is -2.19. The fourth-order valence-corrected chi connectivity index (χ4v) is 7.52. The summed E-state index contributed by atoms with van der Waals surface area (Å²) >= 11 is 0. The Balaban J connectivity index is 0.000000201. The van der Waals surface area contributed by atoms with E-state index in [9.17, 15) is 19.2 Å². The van der Waals surface area contributed by atoms with E-state index in [0.717, 1.165) is 22.5 Å². The van der Waals surface area contributed by atoms with Crippen molar-refractivity contribution < 1.29 is 38.1 Å². The zero-order valence-corrected chi connectivity index (χ0v) is 38.8. The van der Waals surface area contributed by atoms with Gasteiger partial charge in [-0.25, -0.2) is 28.7 Å². The van der Waals surface area contributed by atoms with E-state index in [2.05, 4.69) is 41.0 Å². The third-order valence-corrected chi connectivity index (χ3v) is 11.2. The molecule has 2 aliphatic rings. The second kappa shape index (κ2) is 24.1. The van der Waals surface area contributed by atoms with E-state index in [4.69, 9.17) is 18.9 Å². The van der Waals surface area contributed by atoms with E-state index < -0.39 is 23.9 Å². The molecule has 4 aromatic heterocycles. The lowest BCUT2D eigenvalue weighted by Crippen LogP contribution is -2.47. The fourth-order valence-electron chi connectivity index (χ4n) is 7.52. The molecule has 22 nitrogen and oxygen atoms in total. The number of ether oxygens (including phenoxy) is 4. The molecular weight excluding hydrogens is 877 g/mol. The molecule has 22 heteroatoms. The van der Waals surface area contributed by atoms with Crippen LogP contribution in [0.25, 0.3) is 0 Å². The summed E-state index contributed by atoms with van der Waals surface area (Å²) in [6, 6.07) is 21.9. The highest BCUT2D eigenvalue weighted by atomic mass is 16.5. The number of benzene rings is 2. The Morgan fingerprint density at radius 3 is 1.40 bits per heavy atom. The van der Waals surface area contributed by atoms with Crippen molar-refractivity contribution in [2.24, 2.45) is 0 Å². The number of nitrogens with one attached hydrogen (secondary N) is 2. The van der Waals surface area contributed by atoms with Gasteiger partial charge in [0.2, 0.25) is 11.6 Å². The molecule has 6 heterocycles. The second-order valence-corrected chi connectivity index (χ2v) is 16.1. The number of amides is 4. The summed E-state index contributed by atoms with van der Waals surface area (Å²) in [7, 11) is 6.64. The predicted molar refractivity (Wildman–Crippen MR) is 247 cm³/mol. The first-order valence-corrected chi connectivity index (χ1v) is 22.4. The van der Waals surface area contributed by atoms with Crippen molar-refractivity contribution in [3.05, 3.63) is 120 Å². The van der Waals surface area contributed by atoms with Crippen LogP contribution in [0.2, 0.25) is 0 Å². The van der Waals surface area contributed by atoms with Crippen molar-refractivity contribution >= 4 is 35.3 Å². The van der Waals surface area contributed by atoms with Gasteiger partial charge in [-0.1, -0.05) is 60.7 Å². The fraction of sp³-hybridized carbons (Fsp3) is 0.435. The molecule has 0 bridgehead atoms. The van der Waals surface area contributed by atoms with Crippen molar-refractivity contribution in [1.82, 2.24) is 59.7 Å². The van der Waals surface area contributed by atoms with Crippen LogP contribution in [-0.4, -0.2) is 153 Å². The smallest absolute Gasteiger partial charge is 0.291 e. The molecule has 360 valence electrons. The normalized spacial score (nSPS) is 15.8. The minimum Gasteiger partial charge on any atom is -0.382 e. The Bertz CT molecular complexity index is 2400. The summed E-state index contributed by atoms with van der Waals surface area (Å²) in [4.78, 5) is 62.9. The molecule has 0 saturated carbocycles. The first kappa shape index (κ1) is 48.8. The van der Waals surface area contributed by atoms with E-state index in [1.54, 1.807) is 47.0 Å². The SMILES string of the molecule is COCCOCCc1cc2n(n1)CC[C@@H](NC(=O)c1ncn(Cc3ccccc3)n1)C(=O)N2C.COCCOCCc1cc2n(n1)CC[C@H](NC(=O)c1ncn(Cc3ccccc3)n1)C(=O)N2C. The van der Waals surface area contributed by atoms with Crippen LogP contribution in [-0.2, 0) is 67.6 Å². The van der Waals surface area contributed by atoms with E-state index in [0.29, 0.717) is 103 Å². The molecule has 0 fully saturated rings. The van der Waals surface area contributed by atoms with Crippen LogP contribution in [0.4, 0.5) is 11.6 Å². The third kappa shape index (κ3) is 13.1. The number of fused-ring (bicyclic) bond motifs is 2. The van der Waals surface area contributed by atoms with E-state index in [-0.39, 0.29) is 23.5 Å². The summed E-state index contributed by atoms with van der Waals surface area (Å²) in [6.07, 6.45) is 5.14. The van der Waals surface area contributed by atoms with E-state index >= 15 is 0 Å². The molecule has 68 heavy (non-hydrogen) atoms. The quantitative estimate of drug-likeness (QED) is 0.104. The van der Waals surface area contributed by atoms with Gasteiger partial charge < -0.3 is 29.6 Å². The molecule has 8 rings (SSSR count). The number of methoxy groups -OCH3 is 2. The third-order valence-electron chi connectivity index (χ3n) is 11.2. The molecule has 2 N–H and O–H groups in total. The number of anilines is 2. The van der Waals surface area contributed by atoms with Crippen LogP contribution in [0.5, 0.6) is 0 Å². The molecular formula is C46H58N14O8. The van der Waals surface area contributed by atoms with Gasteiger partial charge in [-0.05, 0) is 24.0 Å². The van der Waals surface area contributed by atoms with Gasteiger partial charge >= 0.3 is 0 Å². The Hall–Kier alpha value is -7.14. The van der Waals surface area contributed by atoms with Crippen LogP contribution in [0.15, 0.2) is 85.5 Å². The molecule has 0 saturated heterocycles. The van der Waals surface area contributed by atoms with Crippen LogP contribution >= 0.6 is 0 Å². The highest BCUT2D eigenvalue weighted by Gasteiger charge is 2.33. The number of carbonyl (C=O) groups is 4. The molecule has 0 radical (unpaired) electrons. The maximum Gasteiger partial charge on any atom is 0.291 e. The largest absolute Gasteiger partial charge is 0.382 e. The van der Waals surface area contributed by atoms with Crippen molar-refractivity contribution in [2.75, 3.05) is 77.8 Å². The highest BCUT2D eigenvalue weighted by Crippen LogP contribution is 2.23. The van der Waals surface area contributed by atoms with Gasteiger partial charge in [0.15, 0.2) is 0 Å². The number of aryl methyl sites for hydroxylation is 2. The van der Waals surface area contributed by atoms with Gasteiger partial charge in [0.05, 0.1) is 64.1 Å². The van der Waals surface area contributed by atoms with Gasteiger partial charge in [0.25, 0.3) is 23.6 Å². The summed E-state index contributed by atoms with van der Waals surface area (Å²) in [5, 5.41) is 23.3. The van der Waals surface area contributed by atoms with Crippen molar-refractivity contribution in [2.45, 2.75) is 63.9 Å². The van der Waals surface area contributed by atoms with Gasteiger partial charge in [-0.15, -0.1) is 10.2 Å². The van der Waals surface area contributed by atoms with Crippen molar-refractivity contribution in [3.63, 3.8) is 0 Å². The lowest BCUT2D eigenvalue weighted by molar-refractivity contribution is -0.120. The van der Waals surface area contributed by atoms with Crippen LogP contribution < -0.4 is 20.4 Å². The molecule has 0 aliphatic carbocycles. The zero-order chi connectivity index (χ0) is 47.8. The molecule has 0 spiro atoms. The Labute approximate surface area is 393 Å². The highest BCUT2D eigenvalue weighted by molar-refractivity contribution is 6.01. The summed E-state index contributed by atoms with van der Waals surface area (Å²) in [6.45, 7) is 5.22. The van der Waals surface area contributed by atoms with E-state index in [1.165, 1.54) is 22.5 Å². The first-order valence-electron chi connectivity index (χ1n) is 22.4. The topological polar surface area (TPSA) is 233 Å². The molecule has 2 aromatic carbocycles. The number of aromatic nitrogens is 10. The Morgan fingerprint density at radius 1 is 0.588 bits per heavy atom. The van der Waals surface area contributed by atoms with Crippen LogP contribution in [0, 0.1) is 0 Å². The molecule has 4 amide bonds. The Kier molecular flexibility index (Phi) is 17.3. The van der Waals surface area contributed by atoms with Gasteiger partial charge in [0, 0.05) is 66.4 Å². The van der Waals surface area contributed by atoms with Gasteiger partial charge in [-0.2, -0.15) is 10.2 Å². The monoisotopic (exact) mass is 934 g/mol. The minimum atomic E-state index is -0.693. The molecule has 2 atom stereocenters. The predicted octanol–water partition coefficient (Wildman–Crippen LogP) is 1.79. The molecule has 2 aliphatic heterocycles. The number of carbonyl (C=O) groups excluding carboxylic acids is 4. The van der Waals surface area contributed by atoms with Crippen LogP contribution in [0.3, 0.4) is 0 Å². The number of hydrogen-bond donors (Lipinski definition) is 2. The molecule has 6 aromatic rings. The number of likely N-dealkylation sites (N-methyl/N-ethyl adjacent to an activating group) is 2. The average Bonchev–Trinajstić information content (AvgIpc) is 4.17. The molecule has 0 unspecified atom stereocenters. The maximum atomic E-state index is 13.0.